The van der Waals surface area contributed by atoms with Gasteiger partial charge in [0, 0.05) is 30.8 Å². The minimum atomic E-state index is -0.325. The lowest BCUT2D eigenvalue weighted by Gasteiger charge is -2.11. The van der Waals surface area contributed by atoms with E-state index in [0.29, 0.717) is 23.5 Å². The van der Waals surface area contributed by atoms with Gasteiger partial charge in [0.05, 0.1) is 11.6 Å². The molecule has 20 heavy (non-hydrogen) atoms. The molecule has 100 valence electrons. The second-order valence-corrected chi connectivity index (χ2v) is 4.51. The highest BCUT2D eigenvalue weighted by atomic mass is 16.5. The molecule has 0 radical (unpaired) electrons. The third-order valence-corrected chi connectivity index (χ3v) is 3.16. The first-order valence-electron chi connectivity index (χ1n) is 6.27. The number of hydrogen-bond donors (Lipinski definition) is 2. The van der Waals surface area contributed by atoms with E-state index < -0.39 is 0 Å². The van der Waals surface area contributed by atoms with Gasteiger partial charge < -0.3 is 15.2 Å². The van der Waals surface area contributed by atoms with Crippen LogP contribution in [0, 0.1) is 11.3 Å². The molecule has 6 nitrogen and oxygen atoms in total. The molecule has 6 heteroatoms. The maximum atomic E-state index is 12.2. The van der Waals surface area contributed by atoms with Crippen molar-refractivity contribution in [2.45, 2.75) is 13.0 Å². The van der Waals surface area contributed by atoms with Crippen LogP contribution in [-0.4, -0.2) is 17.6 Å². The Morgan fingerprint density at radius 2 is 2.40 bits per heavy atom. The topological polar surface area (TPSA) is 91.0 Å². The highest BCUT2D eigenvalue weighted by Gasteiger charge is 2.23. The molecule has 0 fully saturated rings. The number of amides is 1. The normalized spacial score (nSPS) is 13.3. The van der Waals surface area contributed by atoms with Gasteiger partial charge in [-0.25, -0.2) is 0 Å². The van der Waals surface area contributed by atoms with Gasteiger partial charge in [-0.05, 0) is 18.2 Å². The first-order chi connectivity index (χ1) is 9.78. The van der Waals surface area contributed by atoms with Crippen molar-refractivity contribution < 1.29 is 9.32 Å². The summed E-state index contributed by atoms with van der Waals surface area (Å²) >= 11 is 0. The van der Waals surface area contributed by atoms with E-state index in [2.05, 4.69) is 15.8 Å². The predicted octanol–water partition coefficient (Wildman–Crippen LogP) is 1.44. The quantitative estimate of drug-likeness (QED) is 0.860. The molecule has 2 aromatic rings. The van der Waals surface area contributed by atoms with Crippen LogP contribution in [0.2, 0.25) is 0 Å². The van der Waals surface area contributed by atoms with E-state index in [1.165, 1.54) is 0 Å². The van der Waals surface area contributed by atoms with Crippen LogP contribution in [0.25, 0.3) is 0 Å². The molecule has 1 aliphatic rings. The van der Waals surface area contributed by atoms with Crippen LogP contribution < -0.4 is 10.6 Å². The number of hydrogen-bond acceptors (Lipinski definition) is 5. The summed E-state index contributed by atoms with van der Waals surface area (Å²) in [6, 6.07) is 8.76. The summed E-state index contributed by atoms with van der Waals surface area (Å²) in [5.41, 5.74) is 2.17. The lowest BCUT2D eigenvalue weighted by Crippen LogP contribution is -2.25. The minimum absolute atomic E-state index is 0.301. The average Bonchev–Trinajstić information content (AvgIpc) is 2.91. The van der Waals surface area contributed by atoms with E-state index >= 15 is 0 Å². The van der Waals surface area contributed by atoms with Gasteiger partial charge >= 0.3 is 0 Å². The number of nitrogens with zero attached hydrogens (tertiary/aromatic N) is 2. The Balaban J connectivity index is 1.83. The second-order valence-electron chi connectivity index (χ2n) is 4.51. The third-order valence-electron chi connectivity index (χ3n) is 3.16. The van der Waals surface area contributed by atoms with Gasteiger partial charge in [0.2, 0.25) is 0 Å². The number of benzene rings is 1. The van der Waals surface area contributed by atoms with Gasteiger partial charge in [-0.1, -0.05) is 11.2 Å². The van der Waals surface area contributed by atoms with Crippen molar-refractivity contribution in [1.82, 2.24) is 10.5 Å². The summed E-state index contributed by atoms with van der Waals surface area (Å²) in [6.07, 6.45) is 0.736. The molecule has 2 N–H and O–H groups in total. The standard InChI is InChI=1S/C14H12N4O2/c15-7-9-2-1-3-10(6-9)17-14(19)13-11-8-16-5-4-12(11)20-18-13/h1-3,6,16H,4-5,8H2,(H,17,19). The van der Waals surface area contributed by atoms with E-state index in [-0.39, 0.29) is 5.91 Å². The number of aromatic nitrogens is 1. The Labute approximate surface area is 115 Å². The van der Waals surface area contributed by atoms with Crippen LogP contribution in [0.4, 0.5) is 5.69 Å². The molecule has 0 unspecified atom stereocenters. The highest BCUT2D eigenvalue weighted by molar-refractivity contribution is 6.04. The van der Waals surface area contributed by atoms with Crippen LogP contribution in [0.1, 0.15) is 27.4 Å². The highest BCUT2D eigenvalue weighted by Crippen LogP contribution is 2.19. The zero-order valence-corrected chi connectivity index (χ0v) is 10.6. The zero-order valence-electron chi connectivity index (χ0n) is 10.6. The van der Waals surface area contributed by atoms with E-state index in [9.17, 15) is 4.79 Å². The summed E-state index contributed by atoms with van der Waals surface area (Å²) in [5.74, 6) is 0.438. The Kier molecular flexibility index (Phi) is 3.19. The van der Waals surface area contributed by atoms with Gasteiger partial charge in [-0.15, -0.1) is 0 Å². The molecular weight excluding hydrogens is 256 g/mol. The SMILES string of the molecule is N#Cc1cccc(NC(=O)c2noc3c2CNCC3)c1. The maximum Gasteiger partial charge on any atom is 0.278 e. The fourth-order valence-electron chi connectivity index (χ4n) is 2.17. The molecule has 2 heterocycles. The van der Waals surface area contributed by atoms with Gasteiger partial charge in [0.25, 0.3) is 5.91 Å². The van der Waals surface area contributed by atoms with Crippen molar-refractivity contribution in [2.24, 2.45) is 0 Å². The lowest BCUT2D eigenvalue weighted by molar-refractivity contribution is 0.101. The summed E-state index contributed by atoms with van der Waals surface area (Å²) in [5, 5.41) is 18.6. The fraction of sp³-hybridized carbons (Fsp3) is 0.214. The molecule has 0 saturated heterocycles. The van der Waals surface area contributed by atoms with Crippen LogP contribution in [-0.2, 0) is 13.0 Å². The molecule has 1 aliphatic heterocycles. The number of nitriles is 1. The Bertz CT molecular complexity index is 699. The van der Waals surface area contributed by atoms with Crippen molar-refractivity contribution >= 4 is 11.6 Å². The number of fused-ring (bicyclic) bond motifs is 1. The Morgan fingerprint density at radius 1 is 1.50 bits per heavy atom. The minimum Gasteiger partial charge on any atom is -0.360 e. The molecule has 1 aromatic heterocycles. The van der Waals surface area contributed by atoms with E-state index in [1.807, 2.05) is 6.07 Å². The summed E-state index contributed by atoms with van der Waals surface area (Å²) in [6.45, 7) is 1.41. The van der Waals surface area contributed by atoms with Gasteiger partial charge in [0.1, 0.15) is 5.76 Å². The summed E-state index contributed by atoms with van der Waals surface area (Å²) < 4.78 is 5.19. The van der Waals surface area contributed by atoms with E-state index in [0.717, 1.165) is 24.3 Å². The van der Waals surface area contributed by atoms with Crippen molar-refractivity contribution in [3.8, 4) is 6.07 Å². The van der Waals surface area contributed by atoms with Crippen LogP contribution in [0.3, 0.4) is 0 Å². The number of carbonyl (C=O) groups excluding carboxylic acids is 1. The molecular formula is C14H12N4O2. The lowest BCUT2D eigenvalue weighted by atomic mass is 10.1. The van der Waals surface area contributed by atoms with Gasteiger partial charge in [-0.3, -0.25) is 4.79 Å². The number of anilines is 1. The van der Waals surface area contributed by atoms with Gasteiger partial charge in [-0.2, -0.15) is 5.26 Å². The van der Waals surface area contributed by atoms with Crippen molar-refractivity contribution in [3.05, 3.63) is 46.8 Å². The molecule has 3 rings (SSSR count). The van der Waals surface area contributed by atoms with Gasteiger partial charge in [0.15, 0.2) is 5.69 Å². The number of carbonyl (C=O) groups is 1. The van der Waals surface area contributed by atoms with Crippen LogP contribution >= 0.6 is 0 Å². The van der Waals surface area contributed by atoms with E-state index in [1.54, 1.807) is 24.3 Å². The smallest absolute Gasteiger partial charge is 0.278 e. The predicted molar refractivity (Wildman–Crippen MR) is 71.0 cm³/mol. The summed E-state index contributed by atoms with van der Waals surface area (Å²) in [7, 11) is 0. The molecule has 0 spiro atoms. The van der Waals surface area contributed by atoms with Crippen molar-refractivity contribution in [2.75, 3.05) is 11.9 Å². The number of rotatable bonds is 2. The second kappa shape index (κ2) is 5.15. The fourth-order valence-corrected chi connectivity index (χ4v) is 2.17. The van der Waals surface area contributed by atoms with Crippen molar-refractivity contribution in [3.63, 3.8) is 0 Å². The Morgan fingerprint density at radius 3 is 3.25 bits per heavy atom. The first-order valence-corrected chi connectivity index (χ1v) is 6.27. The molecule has 1 aromatic carbocycles. The average molecular weight is 268 g/mol. The third kappa shape index (κ3) is 2.27. The maximum absolute atomic E-state index is 12.2. The van der Waals surface area contributed by atoms with Crippen LogP contribution in [0.5, 0.6) is 0 Å². The largest absolute Gasteiger partial charge is 0.360 e. The molecule has 1 amide bonds. The van der Waals surface area contributed by atoms with Crippen LogP contribution in [0.15, 0.2) is 28.8 Å². The molecule has 0 aliphatic carbocycles. The van der Waals surface area contributed by atoms with Crippen molar-refractivity contribution in [1.29, 1.82) is 5.26 Å². The monoisotopic (exact) mass is 268 g/mol. The zero-order chi connectivity index (χ0) is 13.9. The molecule has 0 atom stereocenters. The molecule has 0 saturated carbocycles. The number of nitrogens with one attached hydrogen (secondary N) is 2. The first kappa shape index (κ1) is 12.4. The van der Waals surface area contributed by atoms with E-state index in [4.69, 9.17) is 9.78 Å². The summed E-state index contributed by atoms with van der Waals surface area (Å²) in [4.78, 5) is 12.2. The molecule has 0 bridgehead atoms. The Hall–Kier alpha value is -2.65.